The second-order valence-corrected chi connectivity index (χ2v) is 9.51. The van der Waals surface area contributed by atoms with Crippen molar-refractivity contribution in [3.63, 3.8) is 0 Å². The summed E-state index contributed by atoms with van der Waals surface area (Å²) in [6.45, 7) is 0. The van der Waals surface area contributed by atoms with Crippen molar-refractivity contribution in [2.24, 2.45) is 9.98 Å². The molecule has 2 heterocycles. The SMILES string of the molecule is O=S(=O)(O)c1ccc2c(c1)N=c1cc3c(cc1N2)=Nc1cc(S(=O)(=O)O)ccc1N3. The van der Waals surface area contributed by atoms with Crippen LogP contribution < -0.4 is 21.3 Å². The summed E-state index contributed by atoms with van der Waals surface area (Å²) in [4.78, 5) is 8.40. The number of hydrogen-bond donors (Lipinski definition) is 4. The summed E-state index contributed by atoms with van der Waals surface area (Å²) in [5.41, 5.74) is 3.02. The lowest BCUT2D eigenvalue weighted by Gasteiger charge is -2.19. The molecule has 0 fully saturated rings. The van der Waals surface area contributed by atoms with Crippen LogP contribution in [0.15, 0.2) is 68.3 Å². The molecule has 10 nitrogen and oxygen atoms in total. The molecule has 152 valence electrons. The lowest BCUT2D eigenvalue weighted by molar-refractivity contribution is 0.481. The maximum absolute atomic E-state index is 11.4. The zero-order valence-electron chi connectivity index (χ0n) is 14.9. The van der Waals surface area contributed by atoms with Gasteiger partial charge in [-0.15, -0.1) is 0 Å². The number of nitrogens with zero attached hydrogens (tertiary/aromatic N) is 2. The molecule has 0 saturated carbocycles. The maximum Gasteiger partial charge on any atom is 0.294 e. The highest BCUT2D eigenvalue weighted by Gasteiger charge is 2.19. The molecule has 0 radical (unpaired) electrons. The van der Waals surface area contributed by atoms with E-state index in [0.29, 0.717) is 44.8 Å². The van der Waals surface area contributed by atoms with Gasteiger partial charge >= 0.3 is 0 Å². The van der Waals surface area contributed by atoms with Crippen LogP contribution in [0.3, 0.4) is 0 Å². The number of hydrogen-bond acceptors (Lipinski definition) is 8. The van der Waals surface area contributed by atoms with Crippen LogP contribution in [0, 0.1) is 0 Å². The molecule has 0 unspecified atom stereocenters. The molecule has 0 atom stereocenters. The van der Waals surface area contributed by atoms with Gasteiger partial charge in [-0.25, -0.2) is 9.98 Å². The molecule has 0 spiro atoms. The molecule has 2 aliphatic rings. The van der Waals surface area contributed by atoms with Crippen LogP contribution in [0.2, 0.25) is 0 Å². The van der Waals surface area contributed by atoms with E-state index in [0.717, 1.165) is 0 Å². The predicted octanol–water partition coefficient (Wildman–Crippen LogP) is 2.20. The van der Waals surface area contributed by atoms with Crippen molar-refractivity contribution in [2.75, 3.05) is 10.6 Å². The minimum absolute atomic E-state index is 0.259. The largest absolute Gasteiger partial charge is 0.352 e. The highest BCUT2D eigenvalue weighted by molar-refractivity contribution is 7.86. The van der Waals surface area contributed by atoms with Gasteiger partial charge in [-0.2, -0.15) is 16.8 Å². The van der Waals surface area contributed by atoms with Gasteiger partial charge in [0.05, 0.1) is 54.6 Å². The number of anilines is 4. The lowest BCUT2D eigenvalue weighted by atomic mass is 10.1. The first kappa shape index (κ1) is 18.7. The third-order valence-electron chi connectivity index (χ3n) is 4.67. The third kappa shape index (κ3) is 3.11. The van der Waals surface area contributed by atoms with Crippen LogP contribution in [0.1, 0.15) is 0 Å². The topological polar surface area (TPSA) is 158 Å². The number of benzene rings is 3. The van der Waals surface area contributed by atoms with E-state index in [2.05, 4.69) is 20.6 Å². The van der Waals surface area contributed by atoms with Gasteiger partial charge in [0.2, 0.25) is 0 Å². The maximum atomic E-state index is 11.4. The Labute approximate surface area is 170 Å². The van der Waals surface area contributed by atoms with Crippen molar-refractivity contribution in [2.45, 2.75) is 9.79 Å². The summed E-state index contributed by atoms with van der Waals surface area (Å²) in [7, 11) is -8.70. The summed E-state index contributed by atoms with van der Waals surface area (Å²) in [6, 6.07) is 11.5. The van der Waals surface area contributed by atoms with Crippen LogP contribution in [0.25, 0.3) is 0 Å². The number of rotatable bonds is 2. The summed E-state index contributed by atoms with van der Waals surface area (Å²) in [5, 5.41) is 7.32. The number of fused-ring (bicyclic) bond motifs is 4. The zero-order valence-corrected chi connectivity index (χ0v) is 16.5. The summed E-state index contributed by atoms with van der Waals surface area (Å²) < 4.78 is 64.0. The van der Waals surface area contributed by atoms with Crippen molar-refractivity contribution in [1.82, 2.24) is 0 Å². The number of nitrogens with one attached hydrogen (secondary N) is 2. The molecule has 3 aromatic carbocycles. The van der Waals surface area contributed by atoms with E-state index in [1.165, 1.54) is 36.4 Å². The Balaban J connectivity index is 1.66. The zero-order chi connectivity index (χ0) is 21.3. The van der Waals surface area contributed by atoms with Crippen molar-refractivity contribution in [3.8, 4) is 0 Å². The van der Waals surface area contributed by atoms with E-state index in [1.807, 2.05) is 0 Å². The molecular weight excluding hydrogens is 432 g/mol. The molecule has 0 aliphatic carbocycles. The third-order valence-corrected chi connectivity index (χ3v) is 6.37. The average molecular weight is 444 g/mol. The second-order valence-electron chi connectivity index (χ2n) is 6.67. The Kier molecular flexibility index (Phi) is 3.79. The Morgan fingerprint density at radius 1 is 0.600 bits per heavy atom. The summed E-state index contributed by atoms with van der Waals surface area (Å²) >= 11 is 0. The van der Waals surface area contributed by atoms with Crippen LogP contribution in [-0.2, 0) is 20.2 Å². The van der Waals surface area contributed by atoms with E-state index in [1.54, 1.807) is 12.1 Å². The fourth-order valence-corrected chi connectivity index (χ4v) is 4.25. The van der Waals surface area contributed by atoms with Crippen molar-refractivity contribution in [3.05, 3.63) is 59.2 Å². The molecule has 0 amide bonds. The van der Waals surface area contributed by atoms with Crippen molar-refractivity contribution >= 4 is 54.4 Å². The van der Waals surface area contributed by atoms with Crippen LogP contribution >= 0.6 is 0 Å². The quantitative estimate of drug-likeness (QED) is 0.302. The molecule has 12 heteroatoms. The van der Waals surface area contributed by atoms with Gasteiger partial charge in [-0.1, -0.05) is 0 Å². The van der Waals surface area contributed by atoms with Gasteiger partial charge in [-0.3, -0.25) is 9.11 Å². The molecule has 0 bridgehead atoms. The Bertz CT molecular complexity index is 1480. The Morgan fingerprint density at radius 3 is 1.37 bits per heavy atom. The Hall–Kier alpha value is -3.32. The van der Waals surface area contributed by atoms with Gasteiger partial charge in [0, 0.05) is 0 Å². The smallest absolute Gasteiger partial charge is 0.294 e. The average Bonchev–Trinajstić information content (AvgIpc) is 2.66. The Morgan fingerprint density at radius 2 is 1.00 bits per heavy atom. The van der Waals surface area contributed by atoms with Crippen molar-refractivity contribution < 1.29 is 25.9 Å². The molecule has 4 N–H and O–H groups in total. The minimum atomic E-state index is -4.35. The van der Waals surface area contributed by atoms with Crippen LogP contribution in [-0.4, -0.2) is 25.9 Å². The van der Waals surface area contributed by atoms with Gasteiger partial charge in [-0.05, 0) is 48.5 Å². The lowest BCUT2D eigenvalue weighted by Crippen LogP contribution is -2.22. The highest BCUT2D eigenvalue weighted by atomic mass is 32.2. The first-order valence-corrected chi connectivity index (χ1v) is 11.3. The standard InChI is InChI=1S/C18H12N4O6S2/c23-29(24,25)9-1-3-11-13(5-9)21-17-8-16-18(7-15(17)19-11)22-14-6-10(30(26,27)28)2-4-12(14)20-16/h1-8,19-20H,(H,23,24,25)(H,26,27,28). The molecule has 2 aliphatic heterocycles. The first-order chi connectivity index (χ1) is 14.1. The monoisotopic (exact) mass is 444 g/mol. The molecule has 0 saturated heterocycles. The van der Waals surface area contributed by atoms with E-state index in [4.69, 9.17) is 0 Å². The molecule has 0 aromatic heterocycles. The first-order valence-electron chi connectivity index (χ1n) is 8.47. The molecule has 30 heavy (non-hydrogen) atoms. The fourth-order valence-electron chi connectivity index (χ4n) is 3.25. The van der Waals surface area contributed by atoms with E-state index < -0.39 is 20.2 Å². The highest BCUT2D eigenvalue weighted by Crippen LogP contribution is 2.35. The normalized spacial score (nSPS) is 13.9. The van der Waals surface area contributed by atoms with E-state index in [-0.39, 0.29) is 9.79 Å². The fraction of sp³-hybridized carbons (Fsp3) is 0. The second kappa shape index (κ2) is 6.09. The predicted molar refractivity (Wildman–Crippen MR) is 107 cm³/mol. The van der Waals surface area contributed by atoms with Crippen LogP contribution in [0.4, 0.5) is 34.1 Å². The van der Waals surface area contributed by atoms with Gasteiger partial charge in [0.1, 0.15) is 0 Å². The van der Waals surface area contributed by atoms with Gasteiger partial charge < -0.3 is 10.6 Å². The molecular formula is C18H12N4O6S2. The minimum Gasteiger partial charge on any atom is -0.352 e. The summed E-state index contributed by atoms with van der Waals surface area (Å²) in [6.07, 6.45) is 0. The van der Waals surface area contributed by atoms with E-state index in [9.17, 15) is 25.9 Å². The van der Waals surface area contributed by atoms with Crippen molar-refractivity contribution in [1.29, 1.82) is 0 Å². The summed E-state index contributed by atoms with van der Waals surface area (Å²) in [5.74, 6) is 0. The van der Waals surface area contributed by atoms with Gasteiger partial charge in [0.25, 0.3) is 20.2 Å². The van der Waals surface area contributed by atoms with Crippen LogP contribution in [0.5, 0.6) is 0 Å². The molecule has 5 rings (SSSR count). The van der Waals surface area contributed by atoms with E-state index >= 15 is 0 Å². The molecule has 3 aromatic rings. The van der Waals surface area contributed by atoms with Gasteiger partial charge in [0.15, 0.2) is 0 Å².